The zero-order valence-corrected chi connectivity index (χ0v) is 7.25. The van der Waals surface area contributed by atoms with Gasteiger partial charge >= 0.3 is 6.09 Å². The number of rotatable bonds is 1. The zero-order chi connectivity index (χ0) is 8.55. The molecule has 4 nitrogen and oxygen atoms in total. The first-order chi connectivity index (χ1) is 5.79. The summed E-state index contributed by atoms with van der Waals surface area (Å²) in [5.74, 6) is 0. The molecule has 0 aromatic heterocycles. The zero-order valence-electron chi connectivity index (χ0n) is 7.25. The average molecular weight is 170 g/mol. The SMILES string of the molecule is C[C@@H]1COC(=O)N1[C@H]1CCNC1. The lowest BCUT2D eigenvalue weighted by atomic mass is 10.2. The summed E-state index contributed by atoms with van der Waals surface area (Å²) in [4.78, 5) is 13.1. The van der Waals surface area contributed by atoms with Crippen LogP contribution in [0.15, 0.2) is 0 Å². The van der Waals surface area contributed by atoms with E-state index in [-0.39, 0.29) is 12.1 Å². The van der Waals surface area contributed by atoms with Crippen LogP contribution in [0.4, 0.5) is 4.79 Å². The van der Waals surface area contributed by atoms with Gasteiger partial charge in [0, 0.05) is 12.6 Å². The van der Waals surface area contributed by atoms with Crippen LogP contribution in [0.5, 0.6) is 0 Å². The largest absolute Gasteiger partial charge is 0.447 e. The maximum atomic E-state index is 11.2. The highest BCUT2D eigenvalue weighted by Crippen LogP contribution is 2.19. The maximum Gasteiger partial charge on any atom is 0.410 e. The molecule has 0 aliphatic carbocycles. The van der Waals surface area contributed by atoms with Crippen molar-refractivity contribution in [1.29, 1.82) is 0 Å². The highest BCUT2D eigenvalue weighted by atomic mass is 16.6. The fourth-order valence-electron chi connectivity index (χ4n) is 1.91. The molecular weight excluding hydrogens is 156 g/mol. The summed E-state index contributed by atoms with van der Waals surface area (Å²) in [6.07, 6.45) is 0.913. The van der Waals surface area contributed by atoms with Gasteiger partial charge in [0.05, 0.1) is 6.04 Å². The van der Waals surface area contributed by atoms with Crippen molar-refractivity contribution in [2.45, 2.75) is 25.4 Å². The molecule has 2 saturated heterocycles. The molecule has 2 rings (SSSR count). The quantitative estimate of drug-likeness (QED) is 0.610. The molecule has 0 bridgehead atoms. The number of hydrogen-bond donors (Lipinski definition) is 1. The maximum absolute atomic E-state index is 11.2. The Morgan fingerprint density at radius 2 is 2.50 bits per heavy atom. The van der Waals surface area contributed by atoms with Gasteiger partial charge in [0.15, 0.2) is 0 Å². The number of cyclic esters (lactones) is 1. The summed E-state index contributed by atoms with van der Waals surface area (Å²) in [5.41, 5.74) is 0. The van der Waals surface area contributed by atoms with Gasteiger partial charge in [-0.15, -0.1) is 0 Å². The van der Waals surface area contributed by atoms with Crippen LogP contribution < -0.4 is 5.32 Å². The predicted octanol–water partition coefficient (Wildman–Crippen LogP) is 0.189. The molecule has 0 unspecified atom stereocenters. The van der Waals surface area contributed by atoms with Crippen molar-refractivity contribution in [1.82, 2.24) is 10.2 Å². The summed E-state index contributed by atoms with van der Waals surface area (Å²) in [5, 5.41) is 3.24. The van der Waals surface area contributed by atoms with E-state index >= 15 is 0 Å². The molecule has 0 aromatic rings. The monoisotopic (exact) mass is 170 g/mol. The third kappa shape index (κ3) is 1.16. The minimum atomic E-state index is -0.142. The van der Waals surface area contributed by atoms with Crippen LogP contribution in [0.1, 0.15) is 13.3 Å². The highest BCUT2D eigenvalue weighted by Gasteiger charge is 2.36. The molecule has 2 atom stereocenters. The van der Waals surface area contributed by atoms with Crippen LogP contribution in [0.25, 0.3) is 0 Å². The minimum Gasteiger partial charge on any atom is -0.447 e. The van der Waals surface area contributed by atoms with Crippen LogP contribution in [0, 0.1) is 0 Å². The average Bonchev–Trinajstić information content (AvgIpc) is 2.61. The lowest BCUT2D eigenvalue weighted by Gasteiger charge is -2.24. The standard InChI is InChI=1S/C8H14N2O2/c1-6-5-12-8(11)10(6)7-2-3-9-4-7/h6-7,9H,2-5H2,1H3/t6-,7+/m1/s1. The van der Waals surface area contributed by atoms with Crippen molar-refractivity contribution >= 4 is 6.09 Å². The topological polar surface area (TPSA) is 41.6 Å². The van der Waals surface area contributed by atoms with Crippen molar-refractivity contribution < 1.29 is 9.53 Å². The van der Waals surface area contributed by atoms with Gasteiger partial charge in [-0.05, 0) is 19.9 Å². The van der Waals surface area contributed by atoms with Crippen molar-refractivity contribution in [3.8, 4) is 0 Å². The molecular formula is C8H14N2O2. The van der Waals surface area contributed by atoms with Gasteiger partial charge < -0.3 is 10.1 Å². The summed E-state index contributed by atoms with van der Waals surface area (Å²) >= 11 is 0. The first-order valence-electron chi connectivity index (χ1n) is 4.45. The van der Waals surface area contributed by atoms with E-state index in [1.54, 1.807) is 0 Å². The Balaban J connectivity index is 2.04. The molecule has 4 heteroatoms. The van der Waals surface area contributed by atoms with E-state index in [0.29, 0.717) is 12.6 Å². The van der Waals surface area contributed by atoms with Gasteiger partial charge in [0.1, 0.15) is 6.61 Å². The molecule has 12 heavy (non-hydrogen) atoms. The molecule has 0 saturated carbocycles. The Kier molecular flexibility index (Phi) is 1.92. The fourth-order valence-corrected chi connectivity index (χ4v) is 1.91. The molecule has 2 aliphatic heterocycles. The van der Waals surface area contributed by atoms with Crippen LogP contribution in [-0.4, -0.2) is 42.8 Å². The van der Waals surface area contributed by atoms with Gasteiger partial charge in [-0.2, -0.15) is 0 Å². The Labute approximate surface area is 71.9 Å². The minimum absolute atomic E-state index is 0.142. The number of carbonyl (C=O) groups excluding carboxylic acids is 1. The second-order valence-electron chi connectivity index (χ2n) is 3.48. The molecule has 0 radical (unpaired) electrons. The van der Waals surface area contributed by atoms with E-state index in [1.807, 2.05) is 11.8 Å². The van der Waals surface area contributed by atoms with Gasteiger partial charge in [0.25, 0.3) is 0 Å². The van der Waals surface area contributed by atoms with Gasteiger partial charge in [-0.1, -0.05) is 0 Å². The number of ether oxygens (including phenoxy) is 1. The summed E-state index contributed by atoms with van der Waals surface area (Å²) in [6.45, 7) is 4.51. The first kappa shape index (κ1) is 7.86. The highest BCUT2D eigenvalue weighted by molar-refractivity contribution is 5.70. The molecule has 1 N–H and O–H groups in total. The number of carbonyl (C=O) groups is 1. The smallest absolute Gasteiger partial charge is 0.410 e. The van der Waals surface area contributed by atoms with Gasteiger partial charge in [-0.3, -0.25) is 4.90 Å². The number of nitrogens with one attached hydrogen (secondary N) is 1. The van der Waals surface area contributed by atoms with E-state index in [9.17, 15) is 4.79 Å². The summed E-state index contributed by atoms with van der Waals surface area (Å²) < 4.78 is 4.95. The second kappa shape index (κ2) is 2.94. The number of amides is 1. The normalized spacial score (nSPS) is 35.8. The lowest BCUT2D eigenvalue weighted by Crippen LogP contribution is -2.41. The van der Waals surface area contributed by atoms with Crippen LogP contribution in [-0.2, 0) is 4.74 Å². The lowest BCUT2D eigenvalue weighted by molar-refractivity contribution is 0.147. The van der Waals surface area contributed by atoms with Crippen LogP contribution in [0.3, 0.4) is 0 Å². The van der Waals surface area contributed by atoms with Crippen molar-refractivity contribution in [3.05, 3.63) is 0 Å². The van der Waals surface area contributed by atoms with Crippen molar-refractivity contribution in [3.63, 3.8) is 0 Å². The first-order valence-corrected chi connectivity index (χ1v) is 4.45. The molecule has 68 valence electrons. The summed E-state index contributed by atoms with van der Waals surface area (Å²) in [7, 11) is 0. The Hall–Kier alpha value is -0.770. The van der Waals surface area contributed by atoms with Crippen molar-refractivity contribution in [2.75, 3.05) is 19.7 Å². The fraction of sp³-hybridized carbons (Fsp3) is 0.875. The van der Waals surface area contributed by atoms with Gasteiger partial charge in [0.2, 0.25) is 0 Å². The summed E-state index contributed by atoms with van der Waals surface area (Å²) in [6, 6.07) is 0.609. The molecule has 2 fully saturated rings. The van der Waals surface area contributed by atoms with E-state index in [2.05, 4.69) is 5.32 Å². The van der Waals surface area contributed by atoms with E-state index in [0.717, 1.165) is 19.5 Å². The Bertz CT molecular complexity index is 189. The molecule has 0 spiro atoms. The number of nitrogens with zero attached hydrogens (tertiary/aromatic N) is 1. The third-order valence-electron chi connectivity index (χ3n) is 2.56. The molecule has 2 aliphatic rings. The Morgan fingerprint density at radius 3 is 3.00 bits per heavy atom. The van der Waals surface area contributed by atoms with Crippen LogP contribution >= 0.6 is 0 Å². The van der Waals surface area contributed by atoms with E-state index in [4.69, 9.17) is 4.74 Å². The van der Waals surface area contributed by atoms with Crippen LogP contribution in [0.2, 0.25) is 0 Å². The van der Waals surface area contributed by atoms with Crippen molar-refractivity contribution in [2.24, 2.45) is 0 Å². The molecule has 1 amide bonds. The van der Waals surface area contributed by atoms with E-state index < -0.39 is 0 Å². The third-order valence-corrected chi connectivity index (χ3v) is 2.56. The van der Waals surface area contributed by atoms with E-state index in [1.165, 1.54) is 0 Å². The number of hydrogen-bond acceptors (Lipinski definition) is 3. The molecule has 2 heterocycles. The van der Waals surface area contributed by atoms with Gasteiger partial charge in [-0.25, -0.2) is 4.79 Å². The predicted molar refractivity (Wildman–Crippen MR) is 43.9 cm³/mol. The molecule has 0 aromatic carbocycles. The Morgan fingerprint density at radius 1 is 1.67 bits per heavy atom. The second-order valence-corrected chi connectivity index (χ2v) is 3.48.